The molecule has 3 nitrogen and oxygen atoms in total. The van der Waals surface area contributed by atoms with Gasteiger partial charge in [0.2, 0.25) is 0 Å². The first-order valence-electron chi connectivity index (χ1n) is 6.35. The molecule has 0 aliphatic carbocycles. The Hall–Kier alpha value is -2.69. The van der Waals surface area contributed by atoms with E-state index in [1.54, 1.807) is 0 Å². The number of hydrogen-bond donors (Lipinski definition) is 1. The van der Waals surface area contributed by atoms with Crippen LogP contribution in [0.3, 0.4) is 0 Å². The number of anilines is 1. The van der Waals surface area contributed by atoms with Gasteiger partial charge < -0.3 is 10.3 Å². The van der Waals surface area contributed by atoms with Gasteiger partial charge in [0.1, 0.15) is 0 Å². The maximum atomic E-state index is 14.0. The highest BCUT2D eigenvalue weighted by molar-refractivity contribution is 5.88. The molecule has 106 valence electrons. The molecule has 1 heterocycles. The lowest BCUT2D eigenvalue weighted by Gasteiger charge is -2.07. The van der Waals surface area contributed by atoms with E-state index in [1.807, 2.05) is 31.2 Å². The van der Waals surface area contributed by atoms with Crippen LogP contribution in [0.2, 0.25) is 0 Å². The molecule has 2 aromatic carbocycles. The fourth-order valence-corrected chi connectivity index (χ4v) is 2.28. The van der Waals surface area contributed by atoms with E-state index in [0.29, 0.717) is 5.56 Å². The van der Waals surface area contributed by atoms with Gasteiger partial charge in [-0.1, -0.05) is 35.5 Å². The summed E-state index contributed by atoms with van der Waals surface area (Å²) < 4.78 is 32.6. The van der Waals surface area contributed by atoms with Crippen LogP contribution in [0.4, 0.5) is 14.6 Å². The van der Waals surface area contributed by atoms with Gasteiger partial charge in [-0.15, -0.1) is 0 Å². The van der Waals surface area contributed by atoms with E-state index < -0.39 is 11.6 Å². The summed E-state index contributed by atoms with van der Waals surface area (Å²) in [5.74, 6) is -1.66. The predicted molar refractivity (Wildman–Crippen MR) is 76.4 cm³/mol. The molecule has 21 heavy (non-hydrogen) atoms. The van der Waals surface area contributed by atoms with E-state index in [2.05, 4.69) is 5.16 Å². The average Bonchev–Trinajstić information content (AvgIpc) is 2.84. The SMILES string of the molecule is Cc1ccccc1-c1c(N)noc1-c1cccc(F)c1F. The molecule has 3 rings (SSSR count). The van der Waals surface area contributed by atoms with Gasteiger partial charge in [0.25, 0.3) is 0 Å². The van der Waals surface area contributed by atoms with Crippen molar-refractivity contribution >= 4 is 5.82 Å². The van der Waals surface area contributed by atoms with Crippen LogP contribution in [0.1, 0.15) is 5.56 Å². The summed E-state index contributed by atoms with van der Waals surface area (Å²) in [6, 6.07) is 11.3. The molecule has 0 radical (unpaired) electrons. The number of nitrogens with two attached hydrogens (primary N) is 1. The minimum atomic E-state index is -0.983. The van der Waals surface area contributed by atoms with Gasteiger partial charge in [-0.25, -0.2) is 8.78 Å². The van der Waals surface area contributed by atoms with Crippen molar-refractivity contribution in [2.75, 3.05) is 5.73 Å². The lowest BCUT2D eigenvalue weighted by molar-refractivity contribution is 0.430. The van der Waals surface area contributed by atoms with Crippen LogP contribution in [0.25, 0.3) is 22.5 Å². The fourth-order valence-electron chi connectivity index (χ4n) is 2.28. The minimum Gasteiger partial charge on any atom is -0.380 e. The van der Waals surface area contributed by atoms with Crippen molar-refractivity contribution in [1.82, 2.24) is 5.16 Å². The third-order valence-electron chi connectivity index (χ3n) is 3.33. The van der Waals surface area contributed by atoms with E-state index >= 15 is 0 Å². The molecule has 0 aliphatic heterocycles. The molecule has 0 bridgehead atoms. The Morgan fingerprint density at radius 1 is 1.00 bits per heavy atom. The summed E-state index contributed by atoms with van der Waals surface area (Å²) in [6.45, 7) is 1.90. The summed E-state index contributed by atoms with van der Waals surface area (Å²) in [5.41, 5.74) is 8.02. The number of aryl methyl sites for hydroxylation is 1. The lowest BCUT2D eigenvalue weighted by Crippen LogP contribution is -1.93. The van der Waals surface area contributed by atoms with Crippen molar-refractivity contribution in [3.8, 4) is 22.5 Å². The van der Waals surface area contributed by atoms with E-state index in [1.165, 1.54) is 12.1 Å². The zero-order valence-corrected chi connectivity index (χ0v) is 11.2. The van der Waals surface area contributed by atoms with E-state index in [4.69, 9.17) is 10.3 Å². The number of halogens is 2. The van der Waals surface area contributed by atoms with Crippen LogP contribution in [0.5, 0.6) is 0 Å². The van der Waals surface area contributed by atoms with Gasteiger partial charge in [-0.05, 0) is 30.2 Å². The summed E-state index contributed by atoms with van der Waals surface area (Å²) >= 11 is 0. The van der Waals surface area contributed by atoms with Crippen LogP contribution < -0.4 is 5.73 Å². The van der Waals surface area contributed by atoms with Crippen molar-refractivity contribution in [2.45, 2.75) is 6.92 Å². The molecule has 3 aromatic rings. The Morgan fingerprint density at radius 3 is 2.48 bits per heavy atom. The highest BCUT2D eigenvalue weighted by atomic mass is 19.2. The lowest BCUT2D eigenvalue weighted by atomic mass is 9.97. The van der Waals surface area contributed by atoms with Crippen molar-refractivity contribution < 1.29 is 13.3 Å². The largest absolute Gasteiger partial charge is 0.380 e. The molecule has 0 aliphatic rings. The Morgan fingerprint density at radius 2 is 1.71 bits per heavy atom. The molecule has 0 atom stereocenters. The molecule has 0 saturated carbocycles. The topological polar surface area (TPSA) is 52.0 Å². The molecule has 0 saturated heterocycles. The second kappa shape index (κ2) is 5.01. The predicted octanol–water partition coefficient (Wildman–Crippen LogP) is 4.18. The number of benzene rings is 2. The normalized spacial score (nSPS) is 10.8. The van der Waals surface area contributed by atoms with Crippen molar-refractivity contribution in [1.29, 1.82) is 0 Å². The smallest absolute Gasteiger partial charge is 0.179 e. The molecular formula is C16H12F2N2O. The van der Waals surface area contributed by atoms with E-state index in [-0.39, 0.29) is 17.1 Å². The second-order valence-corrected chi connectivity index (χ2v) is 4.69. The Kier molecular flexibility index (Phi) is 3.17. The first-order valence-corrected chi connectivity index (χ1v) is 6.35. The third-order valence-corrected chi connectivity index (χ3v) is 3.33. The van der Waals surface area contributed by atoms with Crippen molar-refractivity contribution in [3.05, 3.63) is 59.7 Å². The Balaban J connectivity index is 2.28. The maximum Gasteiger partial charge on any atom is 0.179 e. The minimum absolute atomic E-state index is 0.00236. The van der Waals surface area contributed by atoms with Crippen LogP contribution in [0, 0.1) is 18.6 Å². The summed E-state index contributed by atoms with van der Waals surface area (Å²) in [5, 5.41) is 3.69. The summed E-state index contributed by atoms with van der Waals surface area (Å²) in [6.07, 6.45) is 0. The van der Waals surface area contributed by atoms with Crippen molar-refractivity contribution in [2.24, 2.45) is 0 Å². The number of aromatic nitrogens is 1. The molecule has 0 spiro atoms. The quantitative estimate of drug-likeness (QED) is 0.769. The van der Waals surface area contributed by atoms with Gasteiger partial charge in [-0.2, -0.15) is 0 Å². The Labute approximate surface area is 120 Å². The maximum absolute atomic E-state index is 14.0. The van der Waals surface area contributed by atoms with E-state index in [9.17, 15) is 8.78 Å². The van der Waals surface area contributed by atoms with Gasteiger partial charge >= 0.3 is 0 Å². The fraction of sp³-hybridized carbons (Fsp3) is 0.0625. The summed E-state index contributed by atoms with van der Waals surface area (Å²) in [7, 11) is 0. The second-order valence-electron chi connectivity index (χ2n) is 4.69. The highest BCUT2D eigenvalue weighted by Crippen LogP contribution is 2.39. The molecule has 0 amide bonds. The number of nitrogens with zero attached hydrogens (tertiary/aromatic N) is 1. The van der Waals surface area contributed by atoms with E-state index in [0.717, 1.165) is 17.2 Å². The zero-order chi connectivity index (χ0) is 15.0. The zero-order valence-electron chi connectivity index (χ0n) is 11.2. The molecular weight excluding hydrogens is 274 g/mol. The third kappa shape index (κ3) is 2.16. The van der Waals surface area contributed by atoms with Crippen molar-refractivity contribution in [3.63, 3.8) is 0 Å². The number of hydrogen-bond acceptors (Lipinski definition) is 3. The number of rotatable bonds is 2. The first kappa shape index (κ1) is 13.3. The van der Waals surface area contributed by atoms with Crippen LogP contribution in [-0.4, -0.2) is 5.16 Å². The molecule has 2 N–H and O–H groups in total. The molecule has 0 fully saturated rings. The standard InChI is InChI=1S/C16H12F2N2O/c1-9-5-2-3-6-10(9)13-15(21-20-16(13)19)11-7-4-8-12(17)14(11)18/h2-8H,1H3,(H2,19,20). The van der Waals surface area contributed by atoms with Gasteiger partial charge in [-0.3, -0.25) is 0 Å². The van der Waals surface area contributed by atoms with Gasteiger partial charge in [0, 0.05) is 0 Å². The molecule has 1 aromatic heterocycles. The Bertz CT molecular complexity index is 812. The van der Waals surface area contributed by atoms with Gasteiger partial charge in [0.05, 0.1) is 11.1 Å². The van der Waals surface area contributed by atoms with Crippen LogP contribution in [0.15, 0.2) is 47.0 Å². The van der Waals surface area contributed by atoms with Crippen LogP contribution >= 0.6 is 0 Å². The molecule has 0 unspecified atom stereocenters. The van der Waals surface area contributed by atoms with Gasteiger partial charge in [0.15, 0.2) is 23.2 Å². The molecule has 5 heteroatoms. The first-order chi connectivity index (χ1) is 10.1. The number of nitrogen functional groups attached to an aromatic ring is 1. The van der Waals surface area contributed by atoms with Crippen LogP contribution in [-0.2, 0) is 0 Å². The average molecular weight is 286 g/mol. The monoisotopic (exact) mass is 286 g/mol. The highest BCUT2D eigenvalue weighted by Gasteiger charge is 2.22. The summed E-state index contributed by atoms with van der Waals surface area (Å²) in [4.78, 5) is 0.